The van der Waals surface area contributed by atoms with E-state index in [0.29, 0.717) is 11.4 Å². The number of carboxylic acids is 1. The molecule has 0 aromatic carbocycles. The van der Waals surface area contributed by atoms with Crippen LogP contribution in [0.1, 0.15) is 30.8 Å². The maximum absolute atomic E-state index is 12.1. The molecule has 0 unspecified atom stereocenters. The number of hydrogen-bond acceptors (Lipinski definition) is 5. The Morgan fingerprint density at radius 3 is 2.81 bits per heavy atom. The topological polar surface area (TPSA) is 92.4 Å². The van der Waals surface area contributed by atoms with E-state index in [4.69, 9.17) is 9.52 Å². The summed E-state index contributed by atoms with van der Waals surface area (Å²) >= 11 is 1.31. The summed E-state index contributed by atoms with van der Waals surface area (Å²) in [7, 11) is 0. The minimum absolute atomic E-state index is 0.170. The van der Waals surface area contributed by atoms with Gasteiger partial charge in [0.1, 0.15) is 23.0 Å². The largest absolute Gasteiger partial charge is 0.480 e. The molecule has 6 nitrogen and oxygen atoms in total. The van der Waals surface area contributed by atoms with Gasteiger partial charge in [-0.15, -0.1) is 11.3 Å². The van der Waals surface area contributed by atoms with E-state index in [1.807, 2.05) is 13.8 Å². The van der Waals surface area contributed by atoms with E-state index < -0.39 is 17.9 Å². The van der Waals surface area contributed by atoms with Crippen molar-refractivity contribution < 1.29 is 19.1 Å². The molecule has 0 spiro atoms. The van der Waals surface area contributed by atoms with Gasteiger partial charge in [0.05, 0.1) is 6.26 Å². The zero-order valence-corrected chi connectivity index (χ0v) is 12.5. The molecule has 2 aromatic rings. The zero-order chi connectivity index (χ0) is 15.4. The number of carbonyl (C=O) groups excluding carboxylic acids is 1. The van der Waals surface area contributed by atoms with E-state index >= 15 is 0 Å². The molecule has 0 bridgehead atoms. The average Bonchev–Trinajstić information content (AvgIpc) is 3.08. The van der Waals surface area contributed by atoms with Crippen LogP contribution in [0.2, 0.25) is 0 Å². The Kier molecular flexibility index (Phi) is 4.74. The van der Waals surface area contributed by atoms with Crippen molar-refractivity contribution in [2.45, 2.75) is 26.3 Å². The number of nitrogens with zero attached hydrogens (tertiary/aromatic N) is 1. The highest BCUT2D eigenvalue weighted by atomic mass is 32.1. The van der Waals surface area contributed by atoms with Crippen molar-refractivity contribution in [1.82, 2.24) is 10.3 Å². The third kappa shape index (κ3) is 3.91. The summed E-state index contributed by atoms with van der Waals surface area (Å²) in [6.07, 6.45) is 3.44. The van der Waals surface area contributed by atoms with E-state index in [2.05, 4.69) is 10.3 Å². The quantitative estimate of drug-likeness (QED) is 0.855. The SMILES string of the molecule is CC(C)C[C@@H](NC(=O)c1csc(-c2ccoc2)n1)C(=O)O. The summed E-state index contributed by atoms with van der Waals surface area (Å²) in [5.74, 6) is -1.35. The first kappa shape index (κ1) is 15.2. The summed E-state index contributed by atoms with van der Waals surface area (Å²) in [6.45, 7) is 3.81. The number of thiazole rings is 1. The third-order valence-corrected chi connectivity index (χ3v) is 3.71. The molecule has 2 aromatic heterocycles. The van der Waals surface area contributed by atoms with Gasteiger partial charge in [-0.1, -0.05) is 13.8 Å². The van der Waals surface area contributed by atoms with E-state index in [9.17, 15) is 9.59 Å². The molecule has 1 atom stereocenters. The van der Waals surface area contributed by atoms with Crippen LogP contribution in [0.15, 0.2) is 28.4 Å². The summed E-state index contributed by atoms with van der Waals surface area (Å²) in [5, 5.41) is 13.9. The first-order valence-corrected chi connectivity index (χ1v) is 7.37. The van der Waals surface area contributed by atoms with E-state index in [-0.39, 0.29) is 11.6 Å². The van der Waals surface area contributed by atoms with Crippen molar-refractivity contribution in [3.63, 3.8) is 0 Å². The average molecular weight is 308 g/mol. The normalized spacial score (nSPS) is 12.3. The van der Waals surface area contributed by atoms with Crippen LogP contribution in [0.4, 0.5) is 0 Å². The zero-order valence-electron chi connectivity index (χ0n) is 11.7. The predicted molar refractivity (Wildman–Crippen MR) is 78.2 cm³/mol. The molecule has 21 heavy (non-hydrogen) atoms. The fourth-order valence-corrected chi connectivity index (χ4v) is 2.61. The third-order valence-electron chi connectivity index (χ3n) is 2.82. The molecular formula is C14H16N2O4S. The predicted octanol–water partition coefficient (Wildman–Crippen LogP) is 2.63. The second-order valence-corrected chi connectivity index (χ2v) is 5.90. The number of aliphatic carboxylic acids is 1. The highest BCUT2D eigenvalue weighted by molar-refractivity contribution is 7.13. The number of hydrogen-bond donors (Lipinski definition) is 2. The molecular weight excluding hydrogens is 292 g/mol. The van der Waals surface area contributed by atoms with Crippen molar-refractivity contribution in [2.24, 2.45) is 5.92 Å². The van der Waals surface area contributed by atoms with Gasteiger partial charge < -0.3 is 14.8 Å². The van der Waals surface area contributed by atoms with Gasteiger partial charge in [-0.3, -0.25) is 4.79 Å². The number of rotatable bonds is 6. The highest BCUT2D eigenvalue weighted by Crippen LogP contribution is 2.23. The Labute approximate surface area is 125 Å². The van der Waals surface area contributed by atoms with E-state index in [1.165, 1.54) is 17.6 Å². The van der Waals surface area contributed by atoms with Crippen LogP contribution in [0.3, 0.4) is 0 Å². The van der Waals surface area contributed by atoms with Gasteiger partial charge in [-0.2, -0.15) is 0 Å². The van der Waals surface area contributed by atoms with Crippen LogP contribution in [0.25, 0.3) is 10.6 Å². The fraction of sp³-hybridized carbons (Fsp3) is 0.357. The van der Waals surface area contributed by atoms with Gasteiger partial charge in [-0.25, -0.2) is 9.78 Å². The van der Waals surface area contributed by atoms with Gasteiger partial charge in [0.2, 0.25) is 0 Å². The van der Waals surface area contributed by atoms with Crippen molar-refractivity contribution in [2.75, 3.05) is 0 Å². The van der Waals surface area contributed by atoms with Crippen molar-refractivity contribution in [1.29, 1.82) is 0 Å². The molecule has 2 N–H and O–H groups in total. The lowest BCUT2D eigenvalue weighted by Gasteiger charge is -2.15. The van der Waals surface area contributed by atoms with Crippen molar-refractivity contribution in [3.8, 4) is 10.6 Å². The number of furan rings is 1. The van der Waals surface area contributed by atoms with Crippen LogP contribution in [-0.4, -0.2) is 28.0 Å². The molecule has 1 amide bonds. The summed E-state index contributed by atoms with van der Waals surface area (Å²) in [5.41, 5.74) is 1.00. The Morgan fingerprint density at radius 2 is 2.24 bits per heavy atom. The Hall–Kier alpha value is -2.15. The molecule has 2 heterocycles. The second-order valence-electron chi connectivity index (χ2n) is 5.04. The summed E-state index contributed by atoms with van der Waals surface area (Å²) in [4.78, 5) is 27.4. The second kappa shape index (κ2) is 6.53. The van der Waals surface area contributed by atoms with Crippen molar-refractivity contribution >= 4 is 23.2 Å². The summed E-state index contributed by atoms with van der Waals surface area (Å²) < 4.78 is 4.97. The number of carbonyl (C=O) groups is 2. The maximum Gasteiger partial charge on any atom is 0.326 e. The van der Waals surface area contributed by atoms with Crippen LogP contribution >= 0.6 is 11.3 Å². The maximum atomic E-state index is 12.1. The molecule has 2 rings (SSSR count). The number of amides is 1. The monoisotopic (exact) mass is 308 g/mol. The lowest BCUT2D eigenvalue weighted by molar-refractivity contribution is -0.139. The molecule has 112 valence electrons. The van der Waals surface area contributed by atoms with E-state index in [1.54, 1.807) is 17.7 Å². The minimum atomic E-state index is -1.04. The highest BCUT2D eigenvalue weighted by Gasteiger charge is 2.23. The first-order valence-electron chi connectivity index (χ1n) is 6.49. The lowest BCUT2D eigenvalue weighted by atomic mass is 10.0. The molecule has 0 saturated carbocycles. The Bertz CT molecular complexity index is 619. The van der Waals surface area contributed by atoms with Crippen LogP contribution in [0, 0.1) is 5.92 Å². The molecule has 7 heteroatoms. The van der Waals surface area contributed by atoms with Gasteiger partial charge in [0.15, 0.2) is 0 Å². The van der Waals surface area contributed by atoms with E-state index in [0.717, 1.165) is 5.56 Å². The Morgan fingerprint density at radius 1 is 1.48 bits per heavy atom. The Balaban J connectivity index is 2.07. The van der Waals surface area contributed by atoms with Crippen LogP contribution in [0.5, 0.6) is 0 Å². The molecule has 0 radical (unpaired) electrons. The van der Waals surface area contributed by atoms with Gasteiger partial charge >= 0.3 is 5.97 Å². The molecule has 0 aliphatic carbocycles. The standard InChI is InChI=1S/C14H16N2O4S/c1-8(2)5-10(14(18)19)15-12(17)11-7-21-13(16-11)9-3-4-20-6-9/h3-4,6-8,10H,5H2,1-2H3,(H,15,17)(H,18,19)/t10-/m1/s1. The number of aromatic nitrogens is 1. The first-order chi connectivity index (χ1) is 9.97. The smallest absolute Gasteiger partial charge is 0.326 e. The molecule has 0 aliphatic heterocycles. The number of carboxylic acid groups (broad SMARTS) is 1. The van der Waals surface area contributed by atoms with Crippen LogP contribution < -0.4 is 5.32 Å². The minimum Gasteiger partial charge on any atom is -0.480 e. The van der Waals surface area contributed by atoms with Gasteiger partial charge in [0, 0.05) is 10.9 Å². The van der Waals surface area contributed by atoms with Crippen molar-refractivity contribution in [3.05, 3.63) is 29.7 Å². The van der Waals surface area contributed by atoms with Gasteiger partial charge in [0.25, 0.3) is 5.91 Å². The lowest BCUT2D eigenvalue weighted by Crippen LogP contribution is -2.41. The fourth-order valence-electron chi connectivity index (χ4n) is 1.82. The van der Waals surface area contributed by atoms with Crippen LogP contribution in [-0.2, 0) is 4.79 Å². The summed E-state index contributed by atoms with van der Waals surface area (Å²) in [6, 6.07) is 0.843. The molecule has 0 aliphatic rings. The molecule has 0 fully saturated rings. The van der Waals surface area contributed by atoms with Gasteiger partial charge in [-0.05, 0) is 18.4 Å². The number of nitrogens with one attached hydrogen (secondary N) is 1. The molecule has 0 saturated heterocycles.